The Morgan fingerprint density at radius 3 is 2.83 bits per heavy atom. The molecule has 1 fully saturated rings. The Balaban J connectivity index is 1.61. The van der Waals surface area contributed by atoms with Crippen LogP contribution in [0, 0.1) is 0 Å². The summed E-state index contributed by atoms with van der Waals surface area (Å²) in [6.07, 6.45) is 5.04. The first-order chi connectivity index (χ1) is 11.8. The molecule has 0 atom stereocenters. The molecule has 5 heteroatoms. The van der Waals surface area contributed by atoms with Crippen LogP contribution in [-0.4, -0.2) is 48.4 Å². The van der Waals surface area contributed by atoms with Gasteiger partial charge in [-0.15, -0.1) is 0 Å². The number of benzene rings is 1. The maximum atomic E-state index is 12.5. The van der Waals surface area contributed by atoms with Crippen LogP contribution >= 0.6 is 0 Å². The van der Waals surface area contributed by atoms with E-state index in [1.54, 1.807) is 0 Å². The zero-order valence-corrected chi connectivity index (χ0v) is 13.9. The van der Waals surface area contributed by atoms with Gasteiger partial charge < -0.3 is 14.6 Å². The molecule has 1 aliphatic rings. The number of piperidine rings is 1. The summed E-state index contributed by atoms with van der Waals surface area (Å²) < 4.78 is 4.73. The van der Waals surface area contributed by atoms with Gasteiger partial charge in [0.05, 0.1) is 6.61 Å². The van der Waals surface area contributed by atoms with E-state index in [0.717, 1.165) is 41.8 Å². The number of Topliss-reactive ketones (excluding diaryl/α,β-unsaturated/α-hetero) is 1. The van der Waals surface area contributed by atoms with Crippen molar-refractivity contribution in [3.05, 3.63) is 35.5 Å². The van der Waals surface area contributed by atoms with E-state index in [0.29, 0.717) is 25.9 Å². The van der Waals surface area contributed by atoms with Crippen LogP contribution in [-0.2, 0) is 16.0 Å². The van der Waals surface area contributed by atoms with E-state index in [9.17, 15) is 9.59 Å². The third-order valence-corrected chi connectivity index (χ3v) is 4.66. The average Bonchev–Trinajstić information content (AvgIpc) is 3.02. The Hall–Kier alpha value is -2.14. The number of aromatic nitrogens is 1. The largest absolute Gasteiger partial charge is 0.467 e. The van der Waals surface area contributed by atoms with Gasteiger partial charge in [0.2, 0.25) is 0 Å². The highest BCUT2D eigenvalue weighted by Crippen LogP contribution is 2.19. The Kier molecular flexibility index (Phi) is 5.64. The lowest BCUT2D eigenvalue weighted by Crippen LogP contribution is -2.31. The predicted octanol–water partition coefficient (Wildman–Crippen LogP) is 2.94. The molecular formula is C19H24N2O3. The number of hydrogen-bond acceptors (Lipinski definition) is 4. The Bertz CT molecular complexity index is 702. The number of nitrogens with zero attached hydrogens (tertiary/aromatic N) is 1. The normalized spacial score (nSPS) is 15.5. The molecule has 0 unspecified atom stereocenters. The predicted molar refractivity (Wildman–Crippen MR) is 93.3 cm³/mol. The van der Waals surface area contributed by atoms with Crippen molar-refractivity contribution < 1.29 is 14.3 Å². The highest BCUT2D eigenvalue weighted by molar-refractivity contribution is 5.99. The number of fused-ring (bicyclic) bond motifs is 1. The fraction of sp³-hybridized carbons (Fsp3) is 0.474. The molecule has 1 N–H and O–H groups in total. The van der Waals surface area contributed by atoms with Crippen LogP contribution in [0.1, 0.15) is 41.7 Å². The molecule has 0 aliphatic carbocycles. The van der Waals surface area contributed by atoms with Crippen molar-refractivity contribution in [2.45, 2.75) is 32.1 Å². The van der Waals surface area contributed by atoms with Crippen LogP contribution in [0.25, 0.3) is 10.9 Å². The molecule has 0 spiro atoms. The molecule has 0 amide bonds. The van der Waals surface area contributed by atoms with Gasteiger partial charge in [-0.3, -0.25) is 9.59 Å². The lowest BCUT2D eigenvalue weighted by Gasteiger charge is -2.25. The van der Waals surface area contributed by atoms with Gasteiger partial charge in [0.1, 0.15) is 0 Å². The fourth-order valence-corrected chi connectivity index (χ4v) is 3.30. The van der Waals surface area contributed by atoms with E-state index >= 15 is 0 Å². The molecule has 0 radical (unpaired) electrons. The third-order valence-electron chi connectivity index (χ3n) is 4.66. The molecule has 2 aromatic rings. The van der Waals surface area contributed by atoms with E-state index in [1.807, 2.05) is 24.3 Å². The van der Waals surface area contributed by atoms with Crippen molar-refractivity contribution in [1.29, 1.82) is 0 Å². The maximum absolute atomic E-state index is 12.5. The Labute approximate surface area is 142 Å². The zero-order chi connectivity index (χ0) is 16.8. The third kappa shape index (κ3) is 4.23. The number of nitrogens with one attached hydrogen (secondary N) is 1. The molecule has 1 aromatic carbocycles. The van der Waals surface area contributed by atoms with Crippen LogP contribution in [0.3, 0.4) is 0 Å². The molecule has 5 nitrogen and oxygen atoms in total. The van der Waals surface area contributed by atoms with Gasteiger partial charge in [-0.05, 0) is 50.2 Å². The highest BCUT2D eigenvalue weighted by Gasteiger charge is 2.13. The molecule has 2 heterocycles. The summed E-state index contributed by atoms with van der Waals surface area (Å²) in [4.78, 5) is 28.3. The molecule has 1 saturated heterocycles. The summed E-state index contributed by atoms with van der Waals surface area (Å²) in [5, 5.41) is 1.03. The summed E-state index contributed by atoms with van der Waals surface area (Å²) in [5.74, 6) is 0.203. The molecule has 24 heavy (non-hydrogen) atoms. The minimum Gasteiger partial charge on any atom is -0.467 e. The summed E-state index contributed by atoms with van der Waals surface area (Å²) in [7, 11) is 0. The number of carbonyl (C=O) groups is 2. The lowest BCUT2D eigenvalue weighted by atomic mass is 10.0. The van der Waals surface area contributed by atoms with E-state index in [2.05, 4.69) is 9.88 Å². The molecular weight excluding hydrogens is 304 g/mol. The summed E-state index contributed by atoms with van der Waals surface area (Å²) >= 11 is 0. The number of carbonyl (C=O) groups excluding carboxylic acids is 2. The number of rotatable bonds is 8. The van der Waals surface area contributed by atoms with Gasteiger partial charge in [-0.2, -0.15) is 0 Å². The summed E-state index contributed by atoms with van der Waals surface area (Å²) in [6.45, 7) is 3.92. The smallest absolute Gasteiger partial charge is 0.293 e. The fourth-order valence-electron chi connectivity index (χ4n) is 3.30. The van der Waals surface area contributed by atoms with Crippen LogP contribution < -0.4 is 0 Å². The molecule has 1 aliphatic heterocycles. The molecule has 128 valence electrons. The minimum absolute atomic E-state index is 0.203. The number of H-pyrrole nitrogens is 1. The van der Waals surface area contributed by atoms with Crippen LogP contribution in [0.2, 0.25) is 0 Å². The van der Waals surface area contributed by atoms with Gasteiger partial charge in [0.25, 0.3) is 6.47 Å². The van der Waals surface area contributed by atoms with Crippen molar-refractivity contribution in [3.8, 4) is 0 Å². The molecule has 0 bridgehead atoms. The first-order valence-electron chi connectivity index (χ1n) is 8.69. The van der Waals surface area contributed by atoms with E-state index in [-0.39, 0.29) is 5.78 Å². The van der Waals surface area contributed by atoms with Gasteiger partial charge >= 0.3 is 0 Å². The number of ketones is 1. The second-order valence-electron chi connectivity index (χ2n) is 6.39. The SMILES string of the molecule is O=COCCc1cc2cc(C(=O)CCN3CCCCC3)ccc2[nH]1. The minimum atomic E-state index is 0.203. The standard InChI is InChI=1S/C19H24N2O3/c22-14-24-11-7-17-13-16-12-15(4-5-18(16)20-17)19(23)6-10-21-8-2-1-3-9-21/h4-5,12-14,20H,1-3,6-11H2. The Morgan fingerprint density at radius 2 is 2.04 bits per heavy atom. The first-order valence-corrected chi connectivity index (χ1v) is 8.69. The van der Waals surface area contributed by atoms with E-state index in [4.69, 9.17) is 4.74 Å². The van der Waals surface area contributed by atoms with Gasteiger partial charge in [0, 0.05) is 41.5 Å². The van der Waals surface area contributed by atoms with Crippen LogP contribution in [0.15, 0.2) is 24.3 Å². The monoisotopic (exact) mass is 328 g/mol. The van der Waals surface area contributed by atoms with Gasteiger partial charge in [0.15, 0.2) is 5.78 Å². The van der Waals surface area contributed by atoms with Crippen molar-refractivity contribution in [1.82, 2.24) is 9.88 Å². The first kappa shape index (κ1) is 16.7. The summed E-state index contributed by atoms with van der Waals surface area (Å²) in [6, 6.07) is 7.82. The van der Waals surface area contributed by atoms with Gasteiger partial charge in [-0.25, -0.2) is 0 Å². The van der Waals surface area contributed by atoms with Crippen molar-refractivity contribution in [2.75, 3.05) is 26.2 Å². The number of aromatic amines is 1. The van der Waals surface area contributed by atoms with Crippen molar-refractivity contribution in [3.63, 3.8) is 0 Å². The van der Waals surface area contributed by atoms with E-state index < -0.39 is 0 Å². The second kappa shape index (κ2) is 8.11. The number of likely N-dealkylation sites (tertiary alicyclic amines) is 1. The zero-order valence-electron chi connectivity index (χ0n) is 13.9. The maximum Gasteiger partial charge on any atom is 0.293 e. The topological polar surface area (TPSA) is 62.4 Å². The number of hydrogen-bond donors (Lipinski definition) is 1. The number of ether oxygens (including phenoxy) is 1. The molecule has 0 saturated carbocycles. The summed E-state index contributed by atoms with van der Waals surface area (Å²) in [5.41, 5.74) is 2.78. The van der Waals surface area contributed by atoms with Crippen LogP contribution in [0.5, 0.6) is 0 Å². The van der Waals surface area contributed by atoms with Crippen LogP contribution in [0.4, 0.5) is 0 Å². The second-order valence-corrected chi connectivity index (χ2v) is 6.39. The molecule has 1 aromatic heterocycles. The van der Waals surface area contributed by atoms with E-state index in [1.165, 1.54) is 19.3 Å². The highest BCUT2D eigenvalue weighted by atomic mass is 16.5. The quantitative estimate of drug-likeness (QED) is 0.460. The lowest BCUT2D eigenvalue weighted by molar-refractivity contribution is -0.128. The van der Waals surface area contributed by atoms with Crippen molar-refractivity contribution in [2.24, 2.45) is 0 Å². The molecule has 3 rings (SSSR count). The van der Waals surface area contributed by atoms with Gasteiger partial charge in [-0.1, -0.05) is 6.42 Å². The Morgan fingerprint density at radius 1 is 1.21 bits per heavy atom. The van der Waals surface area contributed by atoms with Crippen molar-refractivity contribution >= 4 is 23.2 Å². The average molecular weight is 328 g/mol.